The molecule has 0 unspecified atom stereocenters. The predicted molar refractivity (Wildman–Crippen MR) is 78.4 cm³/mol. The molecular weight excluding hydrogens is 277 g/mol. The molecule has 0 aliphatic heterocycles. The van der Waals surface area contributed by atoms with Crippen molar-refractivity contribution in [1.29, 1.82) is 0 Å². The minimum Gasteiger partial charge on any atom is -0.330 e. The number of fused-ring (bicyclic) bond motifs is 1. The average Bonchev–Trinajstić information content (AvgIpc) is 2.77. The standard InChI is InChI=1S/C15H13ClFN3/c16-11-6-8-20-14(9-11)19-13(5-7-18)15(20)10-1-3-12(17)4-2-10/h1-4,6,8-9H,5,7,18H2. The highest BCUT2D eigenvalue weighted by Gasteiger charge is 2.13. The van der Waals surface area contributed by atoms with Gasteiger partial charge >= 0.3 is 0 Å². The van der Waals surface area contributed by atoms with Crippen LogP contribution in [0.25, 0.3) is 16.9 Å². The van der Waals surface area contributed by atoms with E-state index < -0.39 is 0 Å². The summed E-state index contributed by atoms with van der Waals surface area (Å²) < 4.78 is 15.0. The normalized spacial score (nSPS) is 11.2. The van der Waals surface area contributed by atoms with Crippen LogP contribution in [0.3, 0.4) is 0 Å². The number of benzene rings is 1. The first-order valence-electron chi connectivity index (χ1n) is 6.31. The van der Waals surface area contributed by atoms with Crippen LogP contribution in [0.5, 0.6) is 0 Å². The van der Waals surface area contributed by atoms with Gasteiger partial charge in [-0.05, 0) is 36.9 Å². The molecule has 3 nitrogen and oxygen atoms in total. The molecule has 0 aliphatic carbocycles. The number of aromatic nitrogens is 2. The lowest BCUT2D eigenvalue weighted by molar-refractivity contribution is 0.628. The molecule has 2 N–H and O–H groups in total. The van der Waals surface area contributed by atoms with Gasteiger partial charge in [0, 0.05) is 29.3 Å². The van der Waals surface area contributed by atoms with Gasteiger partial charge in [0.1, 0.15) is 11.5 Å². The van der Waals surface area contributed by atoms with Crippen molar-refractivity contribution in [3.8, 4) is 11.3 Å². The summed E-state index contributed by atoms with van der Waals surface area (Å²) in [6.45, 7) is 0.506. The maximum Gasteiger partial charge on any atom is 0.139 e. The molecule has 0 radical (unpaired) electrons. The zero-order valence-corrected chi connectivity index (χ0v) is 11.4. The van der Waals surface area contributed by atoms with Crippen LogP contribution in [-0.4, -0.2) is 15.9 Å². The average molecular weight is 290 g/mol. The van der Waals surface area contributed by atoms with Gasteiger partial charge < -0.3 is 5.73 Å². The van der Waals surface area contributed by atoms with Gasteiger partial charge in [0.15, 0.2) is 0 Å². The van der Waals surface area contributed by atoms with E-state index in [-0.39, 0.29) is 5.82 Å². The third kappa shape index (κ3) is 2.28. The molecule has 2 aromatic heterocycles. The van der Waals surface area contributed by atoms with Crippen LogP contribution in [0.1, 0.15) is 5.69 Å². The van der Waals surface area contributed by atoms with Gasteiger partial charge in [-0.15, -0.1) is 0 Å². The fraction of sp³-hybridized carbons (Fsp3) is 0.133. The molecule has 3 rings (SSSR count). The molecule has 102 valence electrons. The van der Waals surface area contributed by atoms with Gasteiger partial charge in [0.2, 0.25) is 0 Å². The van der Waals surface area contributed by atoms with Gasteiger partial charge in [0.25, 0.3) is 0 Å². The predicted octanol–water partition coefficient (Wildman–Crippen LogP) is 3.30. The van der Waals surface area contributed by atoms with Crippen LogP contribution in [0.15, 0.2) is 42.6 Å². The number of hydrogen-bond acceptors (Lipinski definition) is 2. The molecule has 0 saturated carbocycles. The Kier molecular flexibility index (Phi) is 3.42. The lowest BCUT2D eigenvalue weighted by Gasteiger charge is -2.05. The van der Waals surface area contributed by atoms with Crippen molar-refractivity contribution < 1.29 is 4.39 Å². The second-order valence-electron chi connectivity index (χ2n) is 4.53. The Bertz CT molecular complexity index is 750. The Morgan fingerprint density at radius 3 is 2.65 bits per heavy atom. The molecule has 20 heavy (non-hydrogen) atoms. The summed E-state index contributed by atoms with van der Waals surface area (Å²) >= 11 is 6.00. The molecule has 0 saturated heterocycles. The first-order chi connectivity index (χ1) is 9.69. The van der Waals surface area contributed by atoms with E-state index in [4.69, 9.17) is 17.3 Å². The summed E-state index contributed by atoms with van der Waals surface area (Å²) in [5, 5.41) is 0.632. The monoisotopic (exact) mass is 289 g/mol. The van der Waals surface area contributed by atoms with Crippen LogP contribution < -0.4 is 5.73 Å². The lowest BCUT2D eigenvalue weighted by atomic mass is 10.1. The summed E-state index contributed by atoms with van der Waals surface area (Å²) in [7, 11) is 0. The van der Waals surface area contributed by atoms with Gasteiger partial charge in [-0.1, -0.05) is 11.6 Å². The molecule has 5 heteroatoms. The Balaban J connectivity index is 2.25. The molecule has 0 atom stereocenters. The summed E-state index contributed by atoms with van der Waals surface area (Å²) in [5.41, 5.74) is 9.14. The van der Waals surface area contributed by atoms with Crippen LogP contribution in [0, 0.1) is 5.82 Å². The topological polar surface area (TPSA) is 43.3 Å². The van der Waals surface area contributed by atoms with Gasteiger partial charge in [0.05, 0.1) is 11.4 Å². The van der Waals surface area contributed by atoms with Gasteiger partial charge in [-0.3, -0.25) is 4.40 Å². The molecule has 0 aliphatic rings. The molecule has 0 spiro atoms. The van der Waals surface area contributed by atoms with Crippen molar-refractivity contribution in [3.05, 3.63) is 59.1 Å². The number of pyridine rings is 1. The largest absolute Gasteiger partial charge is 0.330 e. The summed E-state index contributed by atoms with van der Waals surface area (Å²) in [6.07, 6.45) is 2.52. The molecule has 0 bridgehead atoms. The lowest BCUT2D eigenvalue weighted by Crippen LogP contribution is -2.04. The van der Waals surface area contributed by atoms with E-state index in [9.17, 15) is 4.39 Å². The third-order valence-corrected chi connectivity index (χ3v) is 3.39. The first-order valence-corrected chi connectivity index (χ1v) is 6.69. The molecular formula is C15H13ClFN3. The molecule has 1 aromatic carbocycles. The van der Waals surface area contributed by atoms with E-state index in [2.05, 4.69) is 4.98 Å². The van der Waals surface area contributed by atoms with E-state index in [1.54, 1.807) is 24.3 Å². The van der Waals surface area contributed by atoms with Crippen molar-refractivity contribution >= 4 is 17.2 Å². The second-order valence-corrected chi connectivity index (χ2v) is 4.96. The van der Waals surface area contributed by atoms with Crippen molar-refractivity contribution in [3.63, 3.8) is 0 Å². The number of rotatable bonds is 3. The summed E-state index contributed by atoms with van der Waals surface area (Å²) in [5.74, 6) is -0.258. The SMILES string of the molecule is NCCc1nc2cc(Cl)ccn2c1-c1ccc(F)cc1. The zero-order chi connectivity index (χ0) is 14.1. The fourth-order valence-corrected chi connectivity index (χ4v) is 2.45. The Morgan fingerprint density at radius 1 is 1.20 bits per heavy atom. The van der Waals surface area contributed by atoms with E-state index >= 15 is 0 Å². The Labute approximate surface area is 120 Å². The van der Waals surface area contributed by atoms with Crippen molar-refractivity contribution in [2.75, 3.05) is 6.54 Å². The van der Waals surface area contributed by atoms with Crippen LogP contribution >= 0.6 is 11.6 Å². The molecule has 0 amide bonds. The summed E-state index contributed by atoms with van der Waals surface area (Å²) in [6, 6.07) is 9.97. The van der Waals surface area contributed by atoms with Crippen molar-refractivity contribution in [2.45, 2.75) is 6.42 Å². The smallest absolute Gasteiger partial charge is 0.139 e. The molecule has 2 heterocycles. The maximum atomic E-state index is 13.1. The van der Waals surface area contributed by atoms with Crippen molar-refractivity contribution in [1.82, 2.24) is 9.38 Å². The Hall–Kier alpha value is -1.91. The maximum absolute atomic E-state index is 13.1. The number of halogens is 2. The number of hydrogen-bond donors (Lipinski definition) is 1. The Morgan fingerprint density at radius 2 is 1.95 bits per heavy atom. The molecule has 0 fully saturated rings. The quantitative estimate of drug-likeness (QED) is 0.804. The van der Waals surface area contributed by atoms with Crippen LogP contribution in [0.4, 0.5) is 4.39 Å². The highest BCUT2D eigenvalue weighted by Crippen LogP contribution is 2.27. The number of imidazole rings is 1. The van der Waals surface area contributed by atoms with Gasteiger partial charge in [-0.25, -0.2) is 9.37 Å². The zero-order valence-electron chi connectivity index (χ0n) is 10.7. The first kappa shape index (κ1) is 13.1. The highest BCUT2D eigenvalue weighted by atomic mass is 35.5. The second kappa shape index (κ2) is 5.23. The number of nitrogens with two attached hydrogens (primary N) is 1. The van der Waals surface area contributed by atoms with Gasteiger partial charge in [-0.2, -0.15) is 0 Å². The minimum atomic E-state index is -0.258. The van der Waals surface area contributed by atoms with Crippen LogP contribution in [0.2, 0.25) is 5.02 Å². The minimum absolute atomic E-state index is 0.258. The van der Waals surface area contributed by atoms with E-state index in [0.717, 1.165) is 22.6 Å². The highest BCUT2D eigenvalue weighted by molar-refractivity contribution is 6.30. The fourth-order valence-electron chi connectivity index (χ4n) is 2.29. The van der Waals surface area contributed by atoms with Crippen LogP contribution in [-0.2, 0) is 6.42 Å². The van der Waals surface area contributed by atoms with E-state index in [1.807, 2.05) is 10.6 Å². The summed E-state index contributed by atoms with van der Waals surface area (Å²) in [4.78, 5) is 4.57. The number of nitrogens with zero attached hydrogens (tertiary/aromatic N) is 2. The third-order valence-electron chi connectivity index (χ3n) is 3.16. The van der Waals surface area contributed by atoms with E-state index in [0.29, 0.717) is 18.0 Å². The van der Waals surface area contributed by atoms with E-state index in [1.165, 1.54) is 12.1 Å². The molecule has 3 aromatic rings. The van der Waals surface area contributed by atoms with Crippen molar-refractivity contribution in [2.24, 2.45) is 5.73 Å².